The lowest BCUT2D eigenvalue weighted by Gasteiger charge is -2.10. The SMILES string of the molecule is CC(C)COc1cccc(C(=O)Oc2ccccc2C(=O)O)c1. The smallest absolute Gasteiger partial charge is 0.343 e. The topological polar surface area (TPSA) is 72.8 Å². The Bertz CT molecular complexity index is 706. The van der Waals surface area contributed by atoms with Gasteiger partial charge in [0.15, 0.2) is 0 Å². The minimum atomic E-state index is -1.15. The number of ether oxygens (including phenoxy) is 2. The fourth-order valence-electron chi connectivity index (χ4n) is 1.87. The summed E-state index contributed by atoms with van der Waals surface area (Å²) >= 11 is 0. The molecule has 0 fully saturated rings. The molecule has 2 aromatic carbocycles. The maximum absolute atomic E-state index is 12.2. The Morgan fingerprint density at radius 2 is 1.83 bits per heavy atom. The Kier molecular flexibility index (Phi) is 5.36. The second-order valence-electron chi connectivity index (χ2n) is 5.42. The van der Waals surface area contributed by atoms with Crippen LogP contribution in [0.25, 0.3) is 0 Å². The van der Waals surface area contributed by atoms with E-state index in [0.29, 0.717) is 23.8 Å². The molecule has 0 saturated heterocycles. The summed E-state index contributed by atoms with van der Waals surface area (Å²) in [6.07, 6.45) is 0. The number of carboxylic acid groups (broad SMARTS) is 1. The molecule has 0 bridgehead atoms. The van der Waals surface area contributed by atoms with Crippen LogP contribution >= 0.6 is 0 Å². The van der Waals surface area contributed by atoms with Gasteiger partial charge in [-0.3, -0.25) is 0 Å². The molecule has 1 N–H and O–H groups in total. The lowest BCUT2D eigenvalue weighted by atomic mass is 10.2. The van der Waals surface area contributed by atoms with Crippen molar-refractivity contribution in [3.8, 4) is 11.5 Å². The summed E-state index contributed by atoms with van der Waals surface area (Å²) in [5, 5.41) is 9.10. The third kappa shape index (κ3) is 4.57. The van der Waals surface area contributed by atoms with Crippen molar-refractivity contribution in [1.29, 1.82) is 0 Å². The average Bonchev–Trinajstić information content (AvgIpc) is 2.53. The molecule has 2 aromatic rings. The van der Waals surface area contributed by atoms with E-state index in [1.54, 1.807) is 36.4 Å². The summed E-state index contributed by atoms with van der Waals surface area (Å²) in [6.45, 7) is 4.60. The van der Waals surface area contributed by atoms with E-state index < -0.39 is 11.9 Å². The first-order valence-electron chi connectivity index (χ1n) is 7.24. The fraction of sp³-hybridized carbons (Fsp3) is 0.222. The van der Waals surface area contributed by atoms with Crippen LogP contribution in [0.5, 0.6) is 11.5 Å². The van der Waals surface area contributed by atoms with Crippen molar-refractivity contribution in [3.05, 3.63) is 59.7 Å². The highest BCUT2D eigenvalue weighted by Crippen LogP contribution is 2.21. The average molecular weight is 314 g/mol. The largest absolute Gasteiger partial charge is 0.493 e. The van der Waals surface area contributed by atoms with Gasteiger partial charge in [0.25, 0.3) is 0 Å². The van der Waals surface area contributed by atoms with Gasteiger partial charge in [0, 0.05) is 0 Å². The second-order valence-corrected chi connectivity index (χ2v) is 5.42. The van der Waals surface area contributed by atoms with Crippen LogP contribution in [0.4, 0.5) is 0 Å². The second kappa shape index (κ2) is 7.45. The highest BCUT2D eigenvalue weighted by Gasteiger charge is 2.15. The van der Waals surface area contributed by atoms with Crippen LogP contribution in [-0.2, 0) is 0 Å². The third-order valence-corrected chi connectivity index (χ3v) is 2.97. The molecule has 0 saturated carbocycles. The number of carbonyl (C=O) groups is 2. The lowest BCUT2D eigenvalue weighted by molar-refractivity contribution is 0.0681. The van der Waals surface area contributed by atoms with Gasteiger partial charge in [0.05, 0.1) is 12.2 Å². The summed E-state index contributed by atoms with van der Waals surface area (Å²) in [5.41, 5.74) is 0.236. The quantitative estimate of drug-likeness (QED) is 0.651. The Morgan fingerprint density at radius 3 is 2.52 bits per heavy atom. The first-order chi connectivity index (χ1) is 11.0. The van der Waals surface area contributed by atoms with E-state index in [1.165, 1.54) is 12.1 Å². The number of esters is 1. The third-order valence-electron chi connectivity index (χ3n) is 2.97. The minimum absolute atomic E-state index is 0.0125. The summed E-state index contributed by atoms with van der Waals surface area (Å²) in [5.74, 6) is -0.831. The molecular weight excluding hydrogens is 296 g/mol. The van der Waals surface area contributed by atoms with Crippen LogP contribution in [0.1, 0.15) is 34.6 Å². The van der Waals surface area contributed by atoms with Crippen molar-refractivity contribution >= 4 is 11.9 Å². The number of carboxylic acids is 1. The molecule has 0 aliphatic carbocycles. The lowest BCUT2D eigenvalue weighted by Crippen LogP contribution is -2.12. The minimum Gasteiger partial charge on any atom is -0.493 e. The van der Waals surface area contributed by atoms with Gasteiger partial charge in [0.1, 0.15) is 17.1 Å². The Balaban J connectivity index is 2.15. The number of para-hydroxylation sites is 1. The van der Waals surface area contributed by atoms with Crippen LogP contribution in [0.2, 0.25) is 0 Å². The van der Waals surface area contributed by atoms with Crippen molar-refractivity contribution in [2.24, 2.45) is 5.92 Å². The summed E-state index contributed by atoms with van der Waals surface area (Å²) in [7, 11) is 0. The normalized spacial score (nSPS) is 10.4. The standard InChI is InChI=1S/C18H18O5/c1-12(2)11-22-14-7-5-6-13(10-14)18(21)23-16-9-4-3-8-15(16)17(19)20/h3-10,12H,11H2,1-2H3,(H,19,20). The van der Waals surface area contributed by atoms with Gasteiger partial charge in [-0.25, -0.2) is 9.59 Å². The maximum Gasteiger partial charge on any atom is 0.343 e. The first kappa shape index (κ1) is 16.5. The molecule has 120 valence electrons. The number of carbonyl (C=O) groups excluding carboxylic acids is 1. The number of hydrogen-bond donors (Lipinski definition) is 1. The predicted octanol–water partition coefficient (Wildman–Crippen LogP) is 3.64. The van der Waals surface area contributed by atoms with Gasteiger partial charge in [-0.2, -0.15) is 0 Å². The molecule has 0 spiro atoms. The van der Waals surface area contributed by atoms with E-state index in [2.05, 4.69) is 0 Å². The molecule has 0 aliphatic heterocycles. The van der Waals surface area contributed by atoms with Gasteiger partial charge in [-0.1, -0.05) is 32.0 Å². The van der Waals surface area contributed by atoms with Crippen molar-refractivity contribution in [3.63, 3.8) is 0 Å². The highest BCUT2D eigenvalue weighted by molar-refractivity contribution is 5.95. The van der Waals surface area contributed by atoms with E-state index in [9.17, 15) is 9.59 Å². The van der Waals surface area contributed by atoms with Gasteiger partial charge in [-0.05, 0) is 36.2 Å². The van der Waals surface area contributed by atoms with Crippen molar-refractivity contribution in [2.45, 2.75) is 13.8 Å². The van der Waals surface area contributed by atoms with Crippen LogP contribution < -0.4 is 9.47 Å². The number of aromatic carboxylic acids is 1. The van der Waals surface area contributed by atoms with Crippen molar-refractivity contribution in [1.82, 2.24) is 0 Å². The molecule has 0 heterocycles. The van der Waals surface area contributed by atoms with Crippen LogP contribution in [0, 0.1) is 5.92 Å². The molecule has 0 radical (unpaired) electrons. The van der Waals surface area contributed by atoms with Gasteiger partial charge in [-0.15, -0.1) is 0 Å². The zero-order valence-electron chi connectivity index (χ0n) is 13.0. The van der Waals surface area contributed by atoms with E-state index in [0.717, 1.165) is 0 Å². The van der Waals surface area contributed by atoms with Crippen molar-refractivity contribution in [2.75, 3.05) is 6.61 Å². The zero-order valence-corrected chi connectivity index (χ0v) is 13.0. The molecule has 2 rings (SSSR count). The zero-order chi connectivity index (χ0) is 16.8. The van der Waals surface area contributed by atoms with Crippen LogP contribution in [0.3, 0.4) is 0 Å². The molecule has 5 heteroatoms. The van der Waals surface area contributed by atoms with E-state index in [4.69, 9.17) is 14.6 Å². The molecule has 23 heavy (non-hydrogen) atoms. The predicted molar refractivity (Wildman–Crippen MR) is 85.1 cm³/mol. The van der Waals surface area contributed by atoms with Gasteiger partial charge in [0.2, 0.25) is 0 Å². The van der Waals surface area contributed by atoms with Crippen LogP contribution in [0.15, 0.2) is 48.5 Å². The molecule has 0 amide bonds. The molecule has 0 unspecified atom stereocenters. The molecule has 0 aromatic heterocycles. The first-order valence-corrected chi connectivity index (χ1v) is 7.24. The van der Waals surface area contributed by atoms with E-state index in [-0.39, 0.29) is 11.3 Å². The molecular formula is C18H18O5. The monoisotopic (exact) mass is 314 g/mol. The Labute approximate surface area is 134 Å². The van der Waals surface area contributed by atoms with Crippen molar-refractivity contribution < 1.29 is 24.2 Å². The molecule has 0 atom stereocenters. The highest BCUT2D eigenvalue weighted by atomic mass is 16.5. The molecule has 5 nitrogen and oxygen atoms in total. The number of hydrogen-bond acceptors (Lipinski definition) is 4. The fourth-order valence-corrected chi connectivity index (χ4v) is 1.87. The van der Waals surface area contributed by atoms with E-state index >= 15 is 0 Å². The van der Waals surface area contributed by atoms with Gasteiger partial charge >= 0.3 is 11.9 Å². The number of benzene rings is 2. The van der Waals surface area contributed by atoms with E-state index in [1.807, 2.05) is 13.8 Å². The summed E-state index contributed by atoms with van der Waals surface area (Å²) in [4.78, 5) is 23.3. The van der Waals surface area contributed by atoms with Gasteiger partial charge < -0.3 is 14.6 Å². The Morgan fingerprint density at radius 1 is 1.09 bits per heavy atom. The summed E-state index contributed by atoms with van der Waals surface area (Å²) in [6, 6.07) is 12.6. The van der Waals surface area contributed by atoms with Crippen LogP contribution in [-0.4, -0.2) is 23.7 Å². The maximum atomic E-state index is 12.2. The Hall–Kier alpha value is -2.82. The summed E-state index contributed by atoms with van der Waals surface area (Å²) < 4.78 is 10.8. The molecule has 0 aliphatic rings. The number of rotatable bonds is 6.